The van der Waals surface area contributed by atoms with Crippen LogP contribution in [0.3, 0.4) is 0 Å². The van der Waals surface area contributed by atoms with Gasteiger partial charge < -0.3 is 15.1 Å². The molecule has 1 N–H and O–H groups in total. The number of nitrogens with zero attached hydrogens (tertiary/aromatic N) is 6. The van der Waals surface area contributed by atoms with E-state index >= 15 is 0 Å². The van der Waals surface area contributed by atoms with Gasteiger partial charge in [0.25, 0.3) is 0 Å². The number of piperidine rings is 1. The minimum absolute atomic E-state index is 0.0201. The molecule has 32 heavy (non-hydrogen) atoms. The quantitative estimate of drug-likeness (QED) is 0.704. The monoisotopic (exact) mass is 439 g/mol. The van der Waals surface area contributed by atoms with E-state index in [4.69, 9.17) is 9.97 Å². The average Bonchev–Trinajstić information content (AvgIpc) is 2.84. The summed E-state index contributed by atoms with van der Waals surface area (Å²) in [5.41, 5.74) is 4.67. The van der Waals surface area contributed by atoms with Gasteiger partial charge in [0.05, 0.1) is 29.2 Å². The van der Waals surface area contributed by atoms with Crippen molar-refractivity contribution in [3.8, 4) is 0 Å². The number of fused-ring (bicyclic) bond motifs is 1. The minimum atomic E-state index is 0.0201. The van der Waals surface area contributed by atoms with E-state index in [1.54, 1.807) is 0 Å². The summed E-state index contributed by atoms with van der Waals surface area (Å²) in [5.74, 6) is 0.199. The number of rotatable bonds is 7. The zero-order chi connectivity index (χ0) is 22.5. The lowest BCUT2D eigenvalue weighted by atomic mass is 9.96. The number of aromatic nitrogens is 3. The number of piperazine rings is 1. The lowest BCUT2D eigenvalue weighted by Crippen LogP contribution is -2.48. The first-order chi connectivity index (χ1) is 15.6. The van der Waals surface area contributed by atoms with Gasteiger partial charge in [-0.1, -0.05) is 13.8 Å². The summed E-state index contributed by atoms with van der Waals surface area (Å²) < 4.78 is 0. The summed E-state index contributed by atoms with van der Waals surface area (Å²) in [6.07, 6.45) is 5.58. The Bertz CT molecular complexity index is 926. The smallest absolute Gasteiger partial charge is 0.224 e. The number of aryl methyl sites for hydroxylation is 2. The van der Waals surface area contributed by atoms with Crippen LogP contribution < -0.4 is 10.2 Å². The van der Waals surface area contributed by atoms with Crippen LogP contribution in [0.15, 0.2) is 12.3 Å². The van der Waals surface area contributed by atoms with E-state index in [-0.39, 0.29) is 11.8 Å². The Morgan fingerprint density at radius 1 is 1.09 bits per heavy atom. The van der Waals surface area contributed by atoms with E-state index < -0.39 is 0 Å². The van der Waals surface area contributed by atoms with Crippen LogP contribution in [0.2, 0.25) is 0 Å². The number of pyridine rings is 1. The highest BCUT2D eigenvalue weighted by Gasteiger charge is 2.26. The summed E-state index contributed by atoms with van der Waals surface area (Å²) in [4.78, 5) is 34.0. The van der Waals surface area contributed by atoms with E-state index in [1.165, 1.54) is 0 Å². The van der Waals surface area contributed by atoms with Gasteiger partial charge in [-0.05, 0) is 38.8 Å². The van der Waals surface area contributed by atoms with Crippen molar-refractivity contribution in [3.05, 3.63) is 23.7 Å². The first-order valence-electron chi connectivity index (χ1n) is 12.2. The second-order valence-electron chi connectivity index (χ2n) is 9.08. The molecule has 0 saturated carbocycles. The van der Waals surface area contributed by atoms with Gasteiger partial charge in [-0.2, -0.15) is 0 Å². The normalized spacial score (nSPS) is 20.6. The highest BCUT2D eigenvalue weighted by molar-refractivity contribution is 5.80. The molecule has 174 valence electrons. The first-order valence-corrected chi connectivity index (χ1v) is 12.2. The molecule has 2 fully saturated rings. The van der Waals surface area contributed by atoms with Crippen molar-refractivity contribution in [1.82, 2.24) is 30.1 Å². The maximum absolute atomic E-state index is 12.8. The van der Waals surface area contributed by atoms with E-state index in [1.807, 2.05) is 6.20 Å². The molecule has 8 heteroatoms. The topological polar surface area (TPSA) is 77.5 Å². The number of likely N-dealkylation sites (N-methyl/N-ethyl adjacent to an activating group) is 1. The molecule has 0 radical (unpaired) electrons. The Morgan fingerprint density at radius 3 is 2.59 bits per heavy atom. The Kier molecular flexibility index (Phi) is 7.52. The summed E-state index contributed by atoms with van der Waals surface area (Å²) >= 11 is 0. The van der Waals surface area contributed by atoms with Gasteiger partial charge in [-0.25, -0.2) is 15.0 Å². The second-order valence-corrected chi connectivity index (χ2v) is 9.08. The lowest BCUT2D eigenvalue weighted by Gasteiger charge is -2.34. The van der Waals surface area contributed by atoms with Crippen LogP contribution in [-0.2, 0) is 17.6 Å². The molecule has 2 saturated heterocycles. The van der Waals surface area contributed by atoms with E-state index in [0.29, 0.717) is 5.65 Å². The van der Waals surface area contributed by atoms with Crippen LogP contribution in [0.1, 0.15) is 38.1 Å². The highest BCUT2D eigenvalue weighted by Crippen LogP contribution is 2.25. The summed E-state index contributed by atoms with van der Waals surface area (Å²) in [6.45, 7) is 11.9. The van der Waals surface area contributed by atoms with Gasteiger partial charge in [-0.15, -0.1) is 0 Å². The van der Waals surface area contributed by atoms with Crippen molar-refractivity contribution >= 4 is 22.8 Å². The van der Waals surface area contributed by atoms with Crippen molar-refractivity contribution in [2.24, 2.45) is 5.92 Å². The number of amides is 1. The highest BCUT2D eigenvalue weighted by atomic mass is 16.1. The summed E-state index contributed by atoms with van der Waals surface area (Å²) in [7, 11) is 2.16. The first kappa shape index (κ1) is 22.9. The van der Waals surface area contributed by atoms with Crippen LogP contribution in [0.25, 0.3) is 11.2 Å². The molecule has 2 aliphatic rings. The molecule has 0 bridgehead atoms. The largest absolute Gasteiger partial charge is 0.369 e. The predicted molar refractivity (Wildman–Crippen MR) is 128 cm³/mol. The fraction of sp³-hybridized carbons (Fsp3) is 0.667. The Balaban J connectivity index is 1.35. The molecule has 0 aromatic carbocycles. The third kappa shape index (κ3) is 5.35. The molecule has 1 atom stereocenters. The Labute approximate surface area is 191 Å². The summed E-state index contributed by atoms with van der Waals surface area (Å²) in [6, 6.07) is 2.08. The molecule has 2 aromatic heterocycles. The van der Waals surface area contributed by atoms with Gasteiger partial charge in [0, 0.05) is 52.4 Å². The van der Waals surface area contributed by atoms with Gasteiger partial charge in [0.15, 0.2) is 5.65 Å². The van der Waals surface area contributed by atoms with E-state index in [2.05, 4.69) is 52.0 Å². The van der Waals surface area contributed by atoms with Gasteiger partial charge in [-0.3, -0.25) is 9.69 Å². The van der Waals surface area contributed by atoms with E-state index in [9.17, 15) is 4.79 Å². The standard InChI is InChI=1S/C24H37N7O/c1-4-20-21(5-2)28-23-22(27-20)15-19(16-26-23)31-9-6-7-18(17-31)24(32)25-8-10-30-13-11-29(3)12-14-30/h15-16,18H,4-14,17H2,1-3H3,(H,25,32). The molecule has 4 heterocycles. The SMILES string of the molecule is CCc1nc2cc(N3CCCC(C(=O)NCCN4CCN(C)CC4)C3)cnc2nc1CC. The number of carbonyl (C=O) groups is 1. The second kappa shape index (κ2) is 10.5. The number of carbonyl (C=O) groups excluding carboxylic acids is 1. The van der Waals surface area contributed by atoms with Crippen molar-refractivity contribution < 1.29 is 4.79 Å². The minimum Gasteiger partial charge on any atom is -0.369 e. The van der Waals surface area contributed by atoms with Crippen molar-refractivity contribution in [1.29, 1.82) is 0 Å². The third-order valence-electron chi connectivity index (χ3n) is 6.81. The molecule has 2 aliphatic heterocycles. The zero-order valence-corrected chi connectivity index (χ0v) is 19.8. The van der Waals surface area contributed by atoms with E-state index in [0.717, 1.165) is 101 Å². The molecule has 0 spiro atoms. The van der Waals surface area contributed by atoms with Crippen LogP contribution in [0.5, 0.6) is 0 Å². The summed E-state index contributed by atoms with van der Waals surface area (Å²) in [5, 5.41) is 3.18. The van der Waals surface area contributed by atoms with Crippen molar-refractivity contribution in [2.75, 3.05) is 64.3 Å². The number of anilines is 1. The molecular formula is C24H37N7O. The number of nitrogens with one attached hydrogen (secondary N) is 1. The maximum Gasteiger partial charge on any atom is 0.224 e. The third-order valence-corrected chi connectivity index (χ3v) is 6.81. The molecular weight excluding hydrogens is 402 g/mol. The predicted octanol–water partition coefficient (Wildman–Crippen LogP) is 1.73. The molecule has 2 aromatic rings. The molecule has 8 nitrogen and oxygen atoms in total. The molecule has 1 unspecified atom stereocenters. The number of hydrogen-bond acceptors (Lipinski definition) is 7. The van der Waals surface area contributed by atoms with Crippen LogP contribution >= 0.6 is 0 Å². The lowest BCUT2D eigenvalue weighted by molar-refractivity contribution is -0.125. The van der Waals surface area contributed by atoms with Gasteiger partial charge in [0.2, 0.25) is 5.91 Å². The maximum atomic E-state index is 12.8. The van der Waals surface area contributed by atoms with Crippen LogP contribution in [0, 0.1) is 5.92 Å². The van der Waals surface area contributed by atoms with Crippen LogP contribution in [-0.4, -0.2) is 90.1 Å². The number of hydrogen-bond donors (Lipinski definition) is 1. The van der Waals surface area contributed by atoms with Crippen LogP contribution in [0.4, 0.5) is 5.69 Å². The zero-order valence-electron chi connectivity index (χ0n) is 19.8. The van der Waals surface area contributed by atoms with Crippen molar-refractivity contribution in [3.63, 3.8) is 0 Å². The Morgan fingerprint density at radius 2 is 1.84 bits per heavy atom. The fourth-order valence-corrected chi connectivity index (χ4v) is 4.72. The van der Waals surface area contributed by atoms with Gasteiger partial charge >= 0.3 is 0 Å². The molecule has 0 aliphatic carbocycles. The average molecular weight is 440 g/mol. The fourth-order valence-electron chi connectivity index (χ4n) is 4.72. The molecule has 1 amide bonds. The van der Waals surface area contributed by atoms with Crippen molar-refractivity contribution in [2.45, 2.75) is 39.5 Å². The van der Waals surface area contributed by atoms with Gasteiger partial charge in [0.1, 0.15) is 5.52 Å². The molecule has 4 rings (SSSR count). The Hall–Kier alpha value is -2.32.